The molecule has 0 aliphatic carbocycles. The summed E-state index contributed by atoms with van der Waals surface area (Å²) < 4.78 is 0. The third-order valence-electron chi connectivity index (χ3n) is 3.71. The first-order valence-electron chi connectivity index (χ1n) is 9.89. The van der Waals surface area contributed by atoms with Crippen LogP contribution in [0.4, 0.5) is 9.59 Å². The monoisotopic (exact) mass is 489 g/mol. The molecule has 2 atom stereocenters. The van der Waals surface area contributed by atoms with Crippen LogP contribution < -0.4 is 37.6 Å². The molecule has 0 fully saturated rings. The summed E-state index contributed by atoms with van der Waals surface area (Å²) in [6.07, 6.45) is 1.91. The Balaban J connectivity index is 4.74. The van der Waals surface area contributed by atoms with E-state index < -0.39 is 60.9 Å². The van der Waals surface area contributed by atoms with Crippen molar-refractivity contribution in [2.75, 3.05) is 25.1 Å². The van der Waals surface area contributed by atoms with Crippen LogP contribution in [-0.2, 0) is 24.0 Å². The van der Waals surface area contributed by atoms with Gasteiger partial charge in [-0.15, -0.1) is 0 Å². The van der Waals surface area contributed by atoms with Gasteiger partial charge in [0, 0.05) is 0 Å². The smallest absolute Gasteiger partial charge is 0.322 e. The lowest BCUT2D eigenvalue weighted by atomic mass is 10.0. The number of amides is 9. The minimum Gasteiger partial charge on any atom is -0.368 e. The third-order valence-corrected chi connectivity index (χ3v) is 4.26. The van der Waals surface area contributed by atoms with E-state index in [2.05, 4.69) is 16.0 Å². The number of urea groups is 2. The molecule has 0 heterocycles. The molecular weight excluding hydrogens is 458 g/mol. The molecule has 0 aliphatic heterocycles. The summed E-state index contributed by atoms with van der Waals surface area (Å²) in [5.41, 5.74) is 4.86. The Bertz CT molecular complexity index is 760. The van der Waals surface area contributed by atoms with Gasteiger partial charge in [-0.3, -0.25) is 34.6 Å². The second-order valence-corrected chi connectivity index (χ2v) is 8.15. The number of hydrogen-bond donors (Lipinski definition) is 7. The van der Waals surface area contributed by atoms with Crippen molar-refractivity contribution in [1.29, 1.82) is 0 Å². The van der Waals surface area contributed by atoms with Crippen LogP contribution in [0, 0.1) is 5.92 Å². The second kappa shape index (κ2) is 15.4. The van der Waals surface area contributed by atoms with E-state index in [1.807, 2.05) is 16.0 Å². The van der Waals surface area contributed by atoms with E-state index in [1.54, 1.807) is 20.1 Å². The Morgan fingerprint density at radius 2 is 1.42 bits per heavy atom. The van der Waals surface area contributed by atoms with Crippen LogP contribution in [0.25, 0.3) is 0 Å². The Labute approximate surface area is 195 Å². The molecule has 15 heteroatoms. The lowest BCUT2D eigenvalue weighted by Crippen LogP contribution is -2.55. The molecule has 2 unspecified atom stereocenters. The molecule has 0 saturated carbocycles. The average Bonchev–Trinajstić information content (AvgIpc) is 2.69. The highest BCUT2D eigenvalue weighted by molar-refractivity contribution is 7.99. The number of nitrogens with two attached hydrogens (primary N) is 1. The van der Waals surface area contributed by atoms with E-state index in [-0.39, 0.29) is 24.0 Å². The van der Waals surface area contributed by atoms with Crippen molar-refractivity contribution in [2.45, 2.75) is 39.3 Å². The zero-order valence-electron chi connectivity index (χ0n) is 18.9. The fourth-order valence-electron chi connectivity index (χ4n) is 2.27. The van der Waals surface area contributed by atoms with Gasteiger partial charge in [-0.2, -0.15) is 11.8 Å². The number of carbonyl (C=O) groups is 7. The van der Waals surface area contributed by atoms with Crippen molar-refractivity contribution in [1.82, 2.24) is 31.9 Å². The summed E-state index contributed by atoms with van der Waals surface area (Å²) in [5.74, 6) is -3.42. The average molecular weight is 490 g/mol. The molecule has 0 saturated heterocycles. The van der Waals surface area contributed by atoms with Crippen LogP contribution in [0.2, 0.25) is 0 Å². The first-order valence-corrected chi connectivity index (χ1v) is 11.3. The van der Waals surface area contributed by atoms with Gasteiger partial charge in [-0.1, -0.05) is 13.8 Å². The number of imide groups is 2. The molecule has 0 bridgehead atoms. The highest BCUT2D eigenvalue weighted by atomic mass is 32.2. The van der Waals surface area contributed by atoms with Gasteiger partial charge in [0.05, 0.1) is 18.8 Å². The van der Waals surface area contributed by atoms with Crippen molar-refractivity contribution in [3.8, 4) is 0 Å². The zero-order valence-corrected chi connectivity index (χ0v) is 19.7. The lowest BCUT2D eigenvalue weighted by molar-refractivity contribution is -0.127. The zero-order chi connectivity index (χ0) is 25.6. The first kappa shape index (κ1) is 29.6. The molecular formula is C18H31N7O7S. The number of nitrogens with one attached hydrogen (secondary N) is 6. The maximum absolute atomic E-state index is 12.4. The molecule has 14 nitrogen and oxygen atoms in total. The fraction of sp³-hybridized carbons (Fsp3) is 0.611. The predicted molar refractivity (Wildman–Crippen MR) is 120 cm³/mol. The molecule has 0 aromatic carbocycles. The molecule has 0 aliphatic rings. The van der Waals surface area contributed by atoms with Gasteiger partial charge < -0.3 is 27.0 Å². The number of primary amides is 1. The topological polar surface area (TPSA) is 218 Å². The van der Waals surface area contributed by atoms with E-state index >= 15 is 0 Å². The van der Waals surface area contributed by atoms with Crippen molar-refractivity contribution >= 4 is 53.4 Å². The highest BCUT2D eigenvalue weighted by Crippen LogP contribution is 2.05. The van der Waals surface area contributed by atoms with Crippen LogP contribution >= 0.6 is 11.8 Å². The van der Waals surface area contributed by atoms with Gasteiger partial charge in [0.2, 0.25) is 29.5 Å². The summed E-state index contributed by atoms with van der Waals surface area (Å²) >= 11 is 1.27. The van der Waals surface area contributed by atoms with Crippen LogP contribution in [-0.4, -0.2) is 78.8 Å². The third kappa shape index (κ3) is 14.3. The largest absolute Gasteiger partial charge is 0.368 e. The van der Waals surface area contributed by atoms with E-state index in [0.29, 0.717) is 0 Å². The van der Waals surface area contributed by atoms with Gasteiger partial charge in [0.15, 0.2) is 0 Å². The SMILES string of the molecule is CSCC(=O)NC(C)C(=O)NC(=O)NC(CC(C)C)C(=O)NCC(=O)NC(=O)NCC(N)=O. The second-order valence-electron chi connectivity index (χ2n) is 7.28. The molecule has 0 rings (SSSR count). The maximum atomic E-state index is 12.4. The molecule has 0 radical (unpaired) electrons. The van der Waals surface area contributed by atoms with Crippen molar-refractivity contribution in [3.05, 3.63) is 0 Å². The Morgan fingerprint density at radius 1 is 0.788 bits per heavy atom. The van der Waals surface area contributed by atoms with Gasteiger partial charge in [0.25, 0.3) is 0 Å². The number of carbonyl (C=O) groups excluding carboxylic acids is 7. The lowest BCUT2D eigenvalue weighted by Gasteiger charge is -2.21. The molecule has 0 aromatic rings. The fourth-order valence-corrected chi connectivity index (χ4v) is 2.62. The highest BCUT2D eigenvalue weighted by Gasteiger charge is 2.25. The summed E-state index contributed by atoms with van der Waals surface area (Å²) in [6.45, 7) is 3.93. The van der Waals surface area contributed by atoms with Crippen molar-refractivity contribution in [3.63, 3.8) is 0 Å². The molecule has 33 heavy (non-hydrogen) atoms. The van der Waals surface area contributed by atoms with E-state index in [1.165, 1.54) is 18.7 Å². The number of rotatable bonds is 12. The van der Waals surface area contributed by atoms with Gasteiger partial charge in [-0.05, 0) is 25.5 Å². The van der Waals surface area contributed by atoms with Crippen LogP contribution in [0.1, 0.15) is 27.2 Å². The molecule has 0 spiro atoms. The minimum atomic E-state index is -1.09. The normalized spacial score (nSPS) is 12.0. The van der Waals surface area contributed by atoms with E-state index in [4.69, 9.17) is 5.73 Å². The quantitative estimate of drug-likeness (QED) is 0.155. The summed E-state index contributed by atoms with van der Waals surface area (Å²) in [6, 6.07) is -3.99. The Hall–Kier alpha value is -3.36. The summed E-state index contributed by atoms with van der Waals surface area (Å²) in [4.78, 5) is 81.9. The van der Waals surface area contributed by atoms with Gasteiger partial charge in [-0.25, -0.2) is 9.59 Å². The Morgan fingerprint density at radius 3 is 1.97 bits per heavy atom. The predicted octanol–water partition coefficient (Wildman–Crippen LogP) is -2.48. The van der Waals surface area contributed by atoms with Crippen LogP contribution in [0.3, 0.4) is 0 Å². The molecule has 0 aromatic heterocycles. The van der Waals surface area contributed by atoms with E-state index in [9.17, 15) is 33.6 Å². The van der Waals surface area contributed by atoms with Gasteiger partial charge in [0.1, 0.15) is 12.1 Å². The standard InChI is InChI=1S/C18H31N7O7S/c1-9(2)5-11(16(30)20-7-13(27)24-17(31)21-6-12(19)26)23-18(32)25-15(29)10(3)22-14(28)8-33-4/h9-11H,5-8H2,1-4H3,(H2,19,26)(H,20,30)(H,22,28)(H2,21,24,27,31)(H2,23,25,29,32). The Kier molecular flexibility index (Phi) is 13.9. The first-order chi connectivity index (χ1) is 15.3. The molecule has 186 valence electrons. The maximum Gasteiger partial charge on any atom is 0.322 e. The minimum absolute atomic E-state index is 0.0325. The van der Waals surface area contributed by atoms with Crippen molar-refractivity contribution < 1.29 is 33.6 Å². The molecule has 8 N–H and O–H groups in total. The van der Waals surface area contributed by atoms with Crippen LogP contribution in [0.15, 0.2) is 0 Å². The van der Waals surface area contributed by atoms with E-state index in [0.717, 1.165) is 0 Å². The number of thioether (sulfide) groups is 1. The van der Waals surface area contributed by atoms with Gasteiger partial charge >= 0.3 is 12.1 Å². The van der Waals surface area contributed by atoms with Crippen molar-refractivity contribution in [2.24, 2.45) is 11.7 Å². The number of hydrogen-bond acceptors (Lipinski definition) is 8. The summed E-state index contributed by atoms with van der Waals surface area (Å²) in [5, 5.41) is 13.0. The van der Waals surface area contributed by atoms with Crippen LogP contribution in [0.5, 0.6) is 0 Å². The summed E-state index contributed by atoms with van der Waals surface area (Å²) in [7, 11) is 0. The molecule has 9 amide bonds.